The maximum Gasteiger partial charge on any atom is 0.122 e. The lowest BCUT2D eigenvalue weighted by Crippen LogP contribution is -2.54. The molecule has 128 valence electrons. The largest absolute Gasteiger partial charge is 0.496 e. The molecule has 2 aliphatic carbocycles. The zero-order valence-electron chi connectivity index (χ0n) is 15.6. The lowest BCUT2D eigenvalue weighted by atomic mass is 9.49. The number of hydrogen-bond acceptors (Lipinski definition) is 2. The molecule has 3 rings (SSSR count). The molecule has 0 amide bonds. The predicted octanol–water partition coefficient (Wildman–Crippen LogP) is 4.82. The van der Waals surface area contributed by atoms with Crippen LogP contribution in [0.25, 0.3) is 0 Å². The molecule has 0 aromatic heterocycles. The van der Waals surface area contributed by atoms with Crippen LogP contribution in [-0.2, 0) is 11.8 Å². The van der Waals surface area contributed by atoms with Gasteiger partial charge < -0.3 is 9.84 Å². The minimum absolute atomic E-state index is 0.0531. The van der Waals surface area contributed by atoms with Gasteiger partial charge in [0.15, 0.2) is 0 Å². The molecule has 0 saturated heterocycles. The van der Waals surface area contributed by atoms with Crippen molar-refractivity contribution in [1.82, 2.24) is 0 Å². The van der Waals surface area contributed by atoms with E-state index in [2.05, 4.69) is 46.8 Å². The van der Waals surface area contributed by atoms with Crippen molar-refractivity contribution in [2.45, 2.75) is 77.7 Å². The molecular formula is C21H32O2. The Balaban J connectivity index is 2.18. The summed E-state index contributed by atoms with van der Waals surface area (Å²) >= 11 is 0. The van der Waals surface area contributed by atoms with Gasteiger partial charge in [0.25, 0.3) is 0 Å². The molecule has 2 nitrogen and oxygen atoms in total. The van der Waals surface area contributed by atoms with Gasteiger partial charge in [-0.1, -0.05) is 47.1 Å². The second kappa shape index (κ2) is 5.51. The lowest BCUT2D eigenvalue weighted by molar-refractivity contribution is -0.0535. The maximum absolute atomic E-state index is 11.0. The summed E-state index contributed by atoms with van der Waals surface area (Å²) in [6, 6.07) is 4.58. The molecule has 1 aromatic carbocycles. The summed E-state index contributed by atoms with van der Waals surface area (Å²) in [7, 11) is 1.77. The third-order valence-electron chi connectivity index (χ3n) is 6.55. The highest BCUT2D eigenvalue weighted by molar-refractivity contribution is 5.50. The summed E-state index contributed by atoms with van der Waals surface area (Å²) in [6.07, 6.45) is 4.15. The van der Waals surface area contributed by atoms with E-state index in [0.717, 1.165) is 18.6 Å². The highest BCUT2D eigenvalue weighted by Crippen LogP contribution is 2.57. The van der Waals surface area contributed by atoms with Gasteiger partial charge >= 0.3 is 0 Å². The quantitative estimate of drug-likeness (QED) is 0.847. The third kappa shape index (κ3) is 2.50. The molecule has 0 spiro atoms. The van der Waals surface area contributed by atoms with E-state index < -0.39 is 0 Å². The first kappa shape index (κ1) is 16.8. The van der Waals surface area contributed by atoms with Crippen LogP contribution in [0.15, 0.2) is 12.1 Å². The number of benzene rings is 1. The van der Waals surface area contributed by atoms with Crippen LogP contribution in [0.5, 0.6) is 5.75 Å². The van der Waals surface area contributed by atoms with E-state index >= 15 is 0 Å². The Morgan fingerprint density at radius 2 is 1.87 bits per heavy atom. The number of ether oxygens (including phenoxy) is 1. The van der Waals surface area contributed by atoms with E-state index in [4.69, 9.17) is 4.74 Å². The average molecular weight is 316 g/mol. The van der Waals surface area contributed by atoms with Crippen molar-refractivity contribution in [3.05, 3.63) is 28.8 Å². The van der Waals surface area contributed by atoms with Gasteiger partial charge in [-0.25, -0.2) is 0 Å². The van der Waals surface area contributed by atoms with E-state index in [1.54, 1.807) is 7.11 Å². The molecule has 1 aromatic rings. The summed E-state index contributed by atoms with van der Waals surface area (Å²) in [5.74, 6) is 1.77. The van der Waals surface area contributed by atoms with Crippen molar-refractivity contribution in [2.24, 2.45) is 11.3 Å². The molecule has 0 unspecified atom stereocenters. The summed E-state index contributed by atoms with van der Waals surface area (Å²) in [5.41, 5.74) is 4.25. The normalized spacial score (nSPS) is 32.3. The van der Waals surface area contributed by atoms with E-state index in [9.17, 15) is 5.11 Å². The van der Waals surface area contributed by atoms with Crippen LogP contribution in [0.1, 0.15) is 76.5 Å². The van der Waals surface area contributed by atoms with Gasteiger partial charge in [0.1, 0.15) is 5.75 Å². The molecular weight excluding hydrogens is 284 g/mol. The Kier molecular flexibility index (Phi) is 4.03. The Hall–Kier alpha value is -1.02. The van der Waals surface area contributed by atoms with Crippen LogP contribution in [-0.4, -0.2) is 18.3 Å². The summed E-state index contributed by atoms with van der Waals surface area (Å²) in [4.78, 5) is 0. The smallest absolute Gasteiger partial charge is 0.122 e. The van der Waals surface area contributed by atoms with Crippen molar-refractivity contribution < 1.29 is 9.84 Å². The molecule has 2 aliphatic rings. The van der Waals surface area contributed by atoms with Gasteiger partial charge in [0, 0.05) is 0 Å². The molecule has 3 atom stereocenters. The molecule has 0 radical (unpaired) electrons. The van der Waals surface area contributed by atoms with E-state index in [1.807, 2.05) is 0 Å². The van der Waals surface area contributed by atoms with Gasteiger partial charge in [-0.15, -0.1) is 0 Å². The molecule has 1 fully saturated rings. The minimum Gasteiger partial charge on any atom is -0.496 e. The standard InChI is InChI=1S/C21H32O2/c1-13(2)15-10-14-11-17(22)19-20(3,4)8-7-9-21(19,5)16(14)12-18(15)23-6/h10,12-13,17,19,22H,7-9,11H2,1-6H3/t17-,19+,21-/m1/s1. The van der Waals surface area contributed by atoms with Crippen LogP contribution in [0.3, 0.4) is 0 Å². The van der Waals surface area contributed by atoms with E-state index in [-0.39, 0.29) is 16.9 Å². The number of hydrogen-bond donors (Lipinski definition) is 1. The zero-order valence-corrected chi connectivity index (χ0v) is 15.6. The number of rotatable bonds is 2. The lowest BCUT2D eigenvalue weighted by Gasteiger charge is -2.56. The second-order valence-corrected chi connectivity index (χ2v) is 8.91. The van der Waals surface area contributed by atoms with Crippen molar-refractivity contribution in [3.8, 4) is 5.75 Å². The monoisotopic (exact) mass is 316 g/mol. The molecule has 23 heavy (non-hydrogen) atoms. The molecule has 0 bridgehead atoms. The number of fused-ring (bicyclic) bond motifs is 3. The number of methoxy groups -OCH3 is 1. The fraction of sp³-hybridized carbons (Fsp3) is 0.714. The van der Waals surface area contributed by atoms with Crippen LogP contribution >= 0.6 is 0 Å². The molecule has 0 heterocycles. The van der Waals surface area contributed by atoms with Crippen molar-refractivity contribution in [2.75, 3.05) is 7.11 Å². The first-order chi connectivity index (χ1) is 10.7. The first-order valence-electron chi connectivity index (χ1n) is 9.10. The van der Waals surface area contributed by atoms with Gasteiger partial charge in [-0.05, 0) is 64.7 Å². The fourth-order valence-corrected chi connectivity index (χ4v) is 5.65. The van der Waals surface area contributed by atoms with E-state index in [0.29, 0.717) is 11.8 Å². The Morgan fingerprint density at radius 3 is 2.48 bits per heavy atom. The van der Waals surface area contributed by atoms with Crippen molar-refractivity contribution in [1.29, 1.82) is 0 Å². The molecule has 1 N–H and O–H groups in total. The SMILES string of the molecule is COc1cc2c(cc1C(C)C)C[C@@H](O)[C@H]1C(C)(C)CCC[C@]21C. The summed E-state index contributed by atoms with van der Waals surface area (Å²) in [5, 5.41) is 11.0. The predicted molar refractivity (Wildman–Crippen MR) is 95.3 cm³/mol. The van der Waals surface area contributed by atoms with Crippen molar-refractivity contribution in [3.63, 3.8) is 0 Å². The Bertz CT molecular complexity index is 602. The highest BCUT2D eigenvalue weighted by atomic mass is 16.5. The maximum atomic E-state index is 11.0. The van der Waals surface area contributed by atoms with E-state index in [1.165, 1.54) is 29.5 Å². The van der Waals surface area contributed by atoms with Gasteiger partial charge in [-0.2, -0.15) is 0 Å². The Labute approximate surface area is 141 Å². The average Bonchev–Trinajstić information content (AvgIpc) is 2.44. The molecule has 0 aliphatic heterocycles. The van der Waals surface area contributed by atoms with Gasteiger partial charge in [0.05, 0.1) is 13.2 Å². The van der Waals surface area contributed by atoms with Gasteiger partial charge in [-0.3, -0.25) is 0 Å². The third-order valence-corrected chi connectivity index (χ3v) is 6.55. The topological polar surface area (TPSA) is 29.5 Å². The fourth-order valence-electron chi connectivity index (χ4n) is 5.65. The van der Waals surface area contributed by atoms with Crippen LogP contribution in [0.2, 0.25) is 0 Å². The number of aliphatic hydroxyl groups excluding tert-OH is 1. The first-order valence-corrected chi connectivity index (χ1v) is 9.10. The van der Waals surface area contributed by atoms with Crippen LogP contribution in [0, 0.1) is 11.3 Å². The summed E-state index contributed by atoms with van der Waals surface area (Å²) < 4.78 is 5.71. The number of aliphatic hydroxyl groups is 1. The highest BCUT2D eigenvalue weighted by Gasteiger charge is 2.53. The molecule has 2 heteroatoms. The second-order valence-electron chi connectivity index (χ2n) is 8.91. The Morgan fingerprint density at radius 1 is 1.17 bits per heavy atom. The summed E-state index contributed by atoms with van der Waals surface area (Å²) in [6.45, 7) is 11.5. The van der Waals surface area contributed by atoms with Crippen molar-refractivity contribution >= 4 is 0 Å². The van der Waals surface area contributed by atoms with Crippen LogP contribution < -0.4 is 4.74 Å². The minimum atomic E-state index is -0.240. The van der Waals surface area contributed by atoms with Gasteiger partial charge in [0.2, 0.25) is 0 Å². The zero-order chi connectivity index (χ0) is 17.0. The molecule has 1 saturated carbocycles. The van der Waals surface area contributed by atoms with Crippen LogP contribution in [0.4, 0.5) is 0 Å².